The molecule has 1 aromatic rings. The number of likely N-dealkylation sites (tertiary alicyclic amines) is 1. The molecular formula is C14H21N. The van der Waals surface area contributed by atoms with Crippen molar-refractivity contribution in [3.8, 4) is 0 Å². The Morgan fingerprint density at radius 2 is 2.00 bits per heavy atom. The van der Waals surface area contributed by atoms with E-state index in [-0.39, 0.29) is 0 Å². The molecule has 0 amide bonds. The van der Waals surface area contributed by atoms with Gasteiger partial charge >= 0.3 is 0 Å². The van der Waals surface area contributed by atoms with Crippen LogP contribution >= 0.6 is 0 Å². The van der Waals surface area contributed by atoms with Crippen LogP contribution in [0.5, 0.6) is 0 Å². The van der Waals surface area contributed by atoms with Crippen molar-refractivity contribution in [1.82, 2.24) is 4.90 Å². The number of rotatable bonds is 2. The standard InChI is InChI=1S/C14H21N/c1-3-15-11-7-10-14(12(15)2)13-8-5-4-6-9-13/h4-6,8-9,12,14H,3,7,10-11H2,1-2H3/t12-,14-/m1/s1. The summed E-state index contributed by atoms with van der Waals surface area (Å²) in [5, 5.41) is 0. The zero-order valence-corrected chi connectivity index (χ0v) is 9.82. The molecule has 1 nitrogen and oxygen atoms in total. The Labute approximate surface area is 93.1 Å². The van der Waals surface area contributed by atoms with Crippen LogP contribution in [0.25, 0.3) is 0 Å². The first-order chi connectivity index (χ1) is 7.33. The summed E-state index contributed by atoms with van der Waals surface area (Å²) < 4.78 is 0. The molecule has 0 N–H and O–H groups in total. The van der Waals surface area contributed by atoms with E-state index >= 15 is 0 Å². The van der Waals surface area contributed by atoms with Gasteiger partial charge in [0.05, 0.1) is 0 Å². The molecule has 0 aliphatic carbocycles. The number of hydrogen-bond acceptors (Lipinski definition) is 1. The molecule has 2 atom stereocenters. The molecule has 0 spiro atoms. The van der Waals surface area contributed by atoms with Gasteiger partial charge in [-0.15, -0.1) is 0 Å². The zero-order chi connectivity index (χ0) is 10.7. The van der Waals surface area contributed by atoms with E-state index in [1.165, 1.54) is 31.5 Å². The van der Waals surface area contributed by atoms with Crippen molar-refractivity contribution in [3.05, 3.63) is 35.9 Å². The van der Waals surface area contributed by atoms with Crippen LogP contribution < -0.4 is 0 Å². The van der Waals surface area contributed by atoms with Crippen LogP contribution in [-0.4, -0.2) is 24.0 Å². The Morgan fingerprint density at radius 1 is 1.27 bits per heavy atom. The average Bonchev–Trinajstić information content (AvgIpc) is 2.30. The van der Waals surface area contributed by atoms with E-state index in [0.717, 1.165) is 5.92 Å². The lowest BCUT2D eigenvalue weighted by Gasteiger charge is -2.39. The lowest BCUT2D eigenvalue weighted by molar-refractivity contribution is 0.146. The van der Waals surface area contributed by atoms with Crippen LogP contribution in [0, 0.1) is 0 Å². The molecule has 1 aliphatic heterocycles. The second-order valence-electron chi connectivity index (χ2n) is 4.53. The number of piperidine rings is 1. The van der Waals surface area contributed by atoms with Gasteiger partial charge in [-0.25, -0.2) is 0 Å². The van der Waals surface area contributed by atoms with E-state index < -0.39 is 0 Å². The third-order valence-electron chi connectivity index (χ3n) is 3.75. The Hall–Kier alpha value is -0.820. The van der Waals surface area contributed by atoms with E-state index in [2.05, 4.69) is 49.1 Å². The minimum atomic E-state index is 0.700. The Balaban J connectivity index is 2.15. The quantitative estimate of drug-likeness (QED) is 0.713. The maximum Gasteiger partial charge on any atom is 0.0135 e. The van der Waals surface area contributed by atoms with Crippen LogP contribution in [0.3, 0.4) is 0 Å². The predicted octanol–water partition coefficient (Wildman–Crippen LogP) is 3.27. The van der Waals surface area contributed by atoms with Crippen molar-refractivity contribution in [2.75, 3.05) is 13.1 Å². The highest BCUT2D eigenvalue weighted by Crippen LogP contribution is 2.31. The summed E-state index contributed by atoms with van der Waals surface area (Å²) in [6.07, 6.45) is 2.69. The molecule has 0 bridgehead atoms. The highest BCUT2D eigenvalue weighted by atomic mass is 15.2. The molecule has 82 valence electrons. The fourth-order valence-electron chi connectivity index (χ4n) is 2.81. The molecule has 1 heterocycles. The highest BCUT2D eigenvalue weighted by molar-refractivity contribution is 5.21. The smallest absolute Gasteiger partial charge is 0.0135 e. The Kier molecular flexibility index (Phi) is 3.42. The fraction of sp³-hybridized carbons (Fsp3) is 0.571. The van der Waals surface area contributed by atoms with E-state index in [1.807, 2.05) is 0 Å². The van der Waals surface area contributed by atoms with Gasteiger partial charge in [-0.2, -0.15) is 0 Å². The lowest BCUT2D eigenvalue weighted by atomic mass is 9.84. The van der Waals surface area contributed by atoms with Crippen LogP contribution in [0.2, 0.25) is 0 Å². The second-order valence-corrected chi connectivity index (χ2v) is 4.53. The monoisotopic (exact) mass is 203 g/mol. The van der Waals surface area contributed by atoms with Gasteiger partial charge in [0, 0.05) is 6.04 Å². The fourth-order valence-corrected chi connectivity index (χ4v) is 2.81. The maximum absolute atomic E-state index is 2.60. The van der Waals surface area contributed by atoms with Crippen molar-refractivity contribution in [1.29, 1.82) is 0 Å². The number of nitrogens with zero attached hydrogens (tertiary/aromatic N) is 1. The van der Waals surface area contributed by atoms with Crippen LogP contribution in [0.4, 0.5) is 0 Å². The molecule has 0 radical (unpaired) electrons. The summed E-state index contributed by atoms with van der Waals surface area (Å²) in [7, 11) is 0. The summed E-state index contributed by atoms with van der Waals surface area (Å²) in [6, 6.07) is 11.7. The van der Waals surface area contributed by atoms with Crippen LogP contribution in [0.15, 0.2) is 30.3 Å². The molecule has 0 unspecified atom stereocenters. The van der Waals surface area contributed by atoms with E-state index in [1.54, 1.807) is 0 Å². The summed E-state index contributed by atoms with van der Waals surface area (Å²) in [5.74, 6) is 0.736. The summed E-state index contributed by atoms with van der Waals surface area (Å²) in [6.45, 7) is 7.11. The summed E-state index contributed by atoms with van der Waals surface area (Å²) in [4.78, 5) is 2.60. The van der Waals surface area contributed by atoms with Crippen molar-refractivity contribution in [2.24, 2.45) is 0 Å². The van der Waals surface area contributed by atoms with Gasteiger partial charge in [-0.1, -0.05) is 37.3 Å². The first-order valence-corrected chi connectivity index (χ1v) is 6.12. The summed E-state index contributed by atoms with van der Waals surface area (Å²) in [5.41, 5.74) is 1.52. The van der Waals surface area contributed by atoms with Crippen molar-refractivity contribution in [3.63, 3.8) is 0 Å². The molecule has 1 heteroatoms. The van der Waals surface area contributed by atoms with Crippen LogP contribution in [-0.2, 0) is 0 Å². The van der Waals surface area contributed by atoms with Crippen molar-refractivity contribution in [2.45, 2.75) is 38.6 Å². The molecule has 1 aliphatic rings. The topological polar surface area (TPSA) is 3.24 Å². The third kappa shape index (κ3) is 2.23. The first kappa shape index (κ1) is 10.7. The van der Waals surface area contributed by atoms with Gasteiger partial charge in [0.1, 0.15) is 0 Å². The largest absolute Gasteiger partial charge is 0.300 e. The van der Waals surface area contributed by atoms with Gasteiger partial charge < -0.3 is 4.90 Å². The van der Waals surface area contributed by atoms with Gasteiger partial charge in [-0.05, 0) is 44.3 Å². The first-order valence-electron chi connectivity index (χ1n) is 6.12. The van der Waals surface area contributed by atoms with Gasteiger partial charge in [-0.3, -0.25) is 0 Å². The molecule has 0 aromatic heterocycles. The maximum atomic E-state index is 2.60. The Morgan fingerprint density at radius 3 is 2.67 bits per heavy atom. The molecule has 1 fully saturated rings. The van der Waals surface area contributed by atoms with E-state index in [9.17, 15) is 0 Å². The minimum absolute atomic E-state index is 0.700. The van der Waals surface area contributed by atoms with Crippen LogP contribution in [0.1, 0.15) is 38.2 Å². The molecule has 1 saturated heterocycles. The predicted molar refractivity (Wildman–Crippen MR) is 65.1 cm³/mol. The van der Waals surface area contributed by atoms with Crippen molar-refractivity contribution < 1.29 is 0 Å². The molecule has 2 rings (SSSR count). The van der Waals surface area contributed by atoms with Crippen molar-refractivity contribution >= 4 is 0 Å². The minimum Gasteiger partial charge on any atom is -0.300 e. The Bertz CT molecular complexity index is 293. The highest BCUT2D eigenvalue weighted by Gasteiger charge is 2.27. The van der Waals surface area contributed by atoms with Gasteiger partial charge in [0.25, 0.3) is 0 Å². The molecule has 0 saturated carbocycles. The average molecular weight is 203 g/mol. The molecule has 1 aromatic carbocycles. The second kappa shape index (κ2) is 4.80. The molecule has 15 heavy (non-hydrogen) atoms. The third-order valence-corrected chi connectivity index (χ3v) is 3.75. The SMILES string of the molecule is CCN1CCC[C@@H](c2ccccc2)[C@H]1C. The number of likely N-dealkylation sites (N-methyl/N-ethyl adjacent to an activating group) is 1. The van der Waals surface area contributed by atoms with Gasteiger partial charge in [0.2, 0.25) is 0 Å². The summed E-state index contributed by atoms with van der Waals surface area (Å²) >= 11 is 0. The zero-order valence-electron chi connectivity index (χ0n) is 9.82. The normalized spacial score (nSPS) is 27.9. The van der Waals surface area contributed by atoms with E-state index in [0.29, 0.717) is 6.04 Å². The molecular weight excluding hydrogens is 182 g/mol. The number of hydrogen-bond donors (Lipinski definition) is 0. The van der Waals surface area contributed by atoms with Gasteiger partial charge in [0.15, 0.2) is 0 Å². The van der Waals surface area contributed by atoms with E-state index in [4.69, 9.17) is 0 Å². The lowest BCUT2D eigenvalue weighted by Crippen LogP contribution is -2.41. The number of benzene rings is 1.